The Morgan fingerprint density at radius 3 is 2.60 bits per heavy atom. The lowest BCUT2D eigenvalue weighted by atomic mass is 10.1. The zero-order valence-electron chi connectivity index (χ0n) is 20.7. The number of amides is 2. The van der Waals surface area contributed by atoms with Crippen LogP contribution in [0, 0.1) is 0 Å². The minimum absolute atomic E-state index is 0.0868. The third kappa shape index (κ3) is 6.53. The average Bonchev–Trinajstić information content (AvgIpc) is 3.20. The number of piperidine rings is 1. The van der Waals surface area contributed by atoms with Crippen LogP contribution in [-0.4, -0.2) is 51.9 Å². The fourth-order valence-electron chi connectivity index (χ4n) is 4.39. The van der Waals surface area contributed by atoms with Gasteiger partial charge >= 0.3 is 12.2 Å². The number of alkyl carbamates (subject to hydrolysis) is 1. The molecule has 35 heavy (non-hydrogen) atoms. The predicted octanol–water partition coefficient (Wildman–Crippen LogP) is 5.08. The van der Waals surface area contributed by atoms with Gasteiger partial charge in [-0.15, -0.1) is 0 Å². The summed E-state index contributed by atoms with van der Waals surface area (Å²) in [5, 5.41) is 2.83. The molecule has 0 aliphatic carbocycles. The van der Waals surface area contributed by atoms with E-state index in [4.69, 9.17) is 14.5 Å². The van der Waals surface area contributed by atoms with E-state index in [1.165, 1.54) is 0 Å². The van der Waals surface area contributed by atoms with Crippen LogP contribution in [0.4, 0.5) is 9.59 Å². The first-order chi connectivity index (χ1) is 16.8. The first-order valence-corrected chi connectivity index (χ1v) is 12.2. The first-order valence-electron chi connectivity index (χ1n) is 12.2. The summed E-state index contributed by atoms with van der Waals surface area (Å²) in [6, 6.07) is 17.7. The van der Waals surface area contributed by atoms with Crippen molar-refractivity contribution in [3.8, 4) is 0 Å². The van der Waals surface area contributed by atoms with Gasteiger partial charge in [-0.1, -0.05) is 42.5 Å². The minimum Gasteiger partial charge on any atom is -0.445 e. The highest BCUT2D eigenvalue weighted by atomic mass is 16.6. The van der Waals surface area contributed by atoms with E-state index in [1.807, 2.05) is 69.3 Å². The Hall–Kier alpha value is -3.55. The summed E-state index contributed by atoms with van der Waals surface area (Å²) < 4.78 is 13.1. The molecule has 0 radical (unpaired) electrons. The number of ether oxygens (including phenoxy) is 2. The largest absolute Gasteiger partial charge is 0.445 e. The van der Waals surface area contributed by atoms with Gasteiger partial charge in [-0.25, -0.2) is 14.6 Å². The number of aromatic nitrogens is 2. The highest BCUT2D eigenvalue weighted by Crippen LogP contribution is 2.29. The fraction of sp³-hybridized carbons (Fsp3) is 0.444. The zero-order valence-corrected chi connectivity index (χ0v) is 20.7. The molecule has 2 aromatic carbocycles. The number of fused-ring (bicyclic) bond motifs is 1. The maximum absolute atomic E-state index is 12.7. The van der Waals surface area contributed by atoms with Crippen molar-refractivity contribution >= 4 is 23.2 Å². The SMILES string of the molecule is CC(C)(C)OC(=O)N1CCCC(n2c(CCNC(=O)OCc3ccccc3)nc3ccccc32)C1. The van der Waals surface area contributed by atoms with Gasteiger partial charge in [0, 0.05) is 26.1 Å². The number of likely N-dealkylation sites (tertiary alicyclic amines) is 1. The highest BCUT2D eigenvalue weighted by Gasteiger charge is 2.30. The van der Waals surface area contributed by atoms with Crippen LogP contribution in [-0.2, 0) is 22.5 Å². The summed E-state index contributed by atoms with van der Waals surface area (Å²) in [5.41, 5.74) is 2.35. The van der Waals surface area contributed by atoms with Crippen molar-refractivity contribution in [2.24, 2.45) is 0 Å². The van der Waals surface area contributed by atoms with Gasteiger partial charge in [0.05, 0.1) is 17.1 Å². The van der Waals surface area contributed by atoms with E-state index < -0.39 is 11.7 Å². The molecule has 1 fully saturated rings. The monoisotopic (exact) mass is 478 g/mol. The molecule has 1 unspecified atom stereocenters. The van der Waals surface area contributed by atoms with Crippen LogP contribution in [0.15, 0.2) is 54.6 Å². The molecule has 2 heterocycles. The number of imidazole rings is 1. The van der Waals surface area contributed by atoms with E-state index in [9.17, 15) is 9.59 Å². The summed E-state index contributed by atoms with van der Waals surface area (Å²) in [4.78, 5) is 31.5. The number of nitrogens with zero attached hydrogens (tertiary/aromatic N) is 3. The smallest absolute Gasteiger partial charge is 0.410 e. The van der Waals surface area contributed by atoms with Gasteiger partial charge in [0.2, 0.25) is 0 Å². The fourth-order valence-corrected chi connectivity index (χ4v) is 4.39. The molecule has 1 atom stereocenters. The Labute approximate surface area is 206 Å². The molecule has 2 amide bonds. The van der Waals surface area contributed by atoms with Gasteiger partial charge < -0.3 is 24.3 Å². The van der Waals surface area contributed by atoms with Gasteiger partial charge in [0.15, 0.2) is 0 Å². The van der Waals surface area contributed by atoms with E-state index in [0.717, 1.165) is 35.3 Å². The summed E-state index contributed by atoms with van der Waals surface area (Å²) in [7, 11) is 0. The van der Waals surface area contributed by atoms with Crippen molar-refractivity contribution in [2.75, 3.05) is 19.6 Å². The van der Waals surface area contributed by atoms with E-state index in [1.54, 1.807) is 4.90 Å². The van der Waals surface area contributed by atoms with E-state index in [-0.39, 0.29) is 18.7 Å². The molecule has 1 aliphatic heterocycles. The number of hydrogen-bond donors (Lipinski definition) is 1. The third-order valence-electron chi connectivity index (χ3n) is 5.91. The molecule has 0 spiro atoms. The molecule has 8 nitrogen and oxygen atoms in total. The molecule has 4 rings (SSSR count). The van der Waals surface area contributed by atoms with Crippen LogP contribution >= 0.6 is 0 Å². The number of hydrogen-bond acceptors (Lipinski definition) is 5. The molecule has 0 bridgehead atoms. The number of rotatable bonds is 6. The second kappa shape index (κ2) is 10.8. The van der Waals surface area contributed by atoms with Gasteiger partial charge in [-0.05, 0) is 51.3 Å². The summed E-state index contributed by atoms with van der Waals surface area (Å²) >= 11 is 0. The van der Waals surface area contributed by atoms with Crippen LogP contribution in [0.1, 0.15) is 51.0 Å². The molecule has 1 aromatic heterocycles. The lowest BCUT2D eigenvalue weighted by molar-refractivity contribution is 0.0173. The molecular formula is C27H34N4O4. The number of carbonyl (C=O) groups excluding carboxylic acids is 2. The van der Waals surface area contributed by atoms with Crippen LogP contribution in [0.5, 0.6) is 0 Å². The van der Waals surface area contributed by atoms with E-state index in [0.29, 0.717) is 26.1 Å². The molecular weight excluding hydrogens is 444 g/mol. The van der Waals surface area contributed by atoms with E-state index >= 15 is 0 Å². The molecule has 1 N–H and O–H groups in total. The summed E-state index contributed by atoms with van der Waals surface area (Å²) in [6.07, 6.45) is 1.65. The standard InChI is InChI=1S/C27H34N4O4/c1-27(2,3)35-26(33)30-17-9-12-21(18-30)31-23-14-8-7-13-22(23)29-24(31)15-16-28-25(32)34-19-20-10-5-4-6-11-20/h4-8,10-11,13-14,21H,9,12,15-19H2,1-3H3,(H,28,32). The minimum atomic E-state index is -0.530. The van der Waals surface area contributed by atoms with E-state index in [2.05, 4.69) is 16.0 Å². The van der Waals surface area contributed by atoms with Crippen LogP contribution in [0.3, 0.4) is 0 Å². The predicted molar refractivity (Wildman–Crippen MR) is 134 cm³/mol. The Balaban J connectivity index is 1.42. The first kappa shape index (κ1) is 24.6. The normalized spacial score (nSPS) is 16.2. The highest BCUT2D eigenvalue weighted by molar-refractivity contribution is 5.76. The lowest BCUT2D eigenvalue weighted by Crippen LogP contribution is -2.43. The molecule has 8 heteroatoms. The maximum atomic E-state index is 12.7. The second-order valence-electron chi connectivity index (χ2n) is 9.85. The van der Waals surface area contributed by atoms with Crippen molar-refractivity contribution in [3.63, 3.8) is 0 Å². The molecule has 3 aromatic rings. The van der Waals surface area contributed by atoms with Gasteiger partial charge in [0.1, 0.15) is 18.0 Å². The number of carbonyl (C=O) groups is 2. The van der Waals surface area contributed by atoms with Crippen LogP contribution < -0.4 is 5.32 Å². The molecule has 1 saturated heterocycles. The topological polar surface area (TPSA) is 85.7 Å². The third-order valence-corrected chi connectivity index (χ3v) is 5.91. The number of para-hydroxylation sites is 2. The van der Waals surface area contributed by atoms with Crippen LogP contribution in [0.25, 0.3) is 11.0 Å². The van der Waals surface area contributed by atoms with Crippen molar-refractivity contribution in [3.05, 3.63) is 66.0 Å². The second-order valence-corrected chi connectivity index (χ2v) is 9.85. The van der Waals surface area contributed by atoms with Crippen molar-refractivity contribution in [1.29, 1.82) is 0 Å². The van der Waals surface area contributed by atoms with Crippen molar-refractivity contribution in [1.82, 2.24) is 19.8 Å². The zero-order chi connectivity index (χ0) is 24.8. The number of benzene rings is 2. The van der Waals surface area contributed by atoms with Crippen molar-refractivity contribution < 1.29 is 19.1 Å². The average molecular weight is 479 g/mol. The van der Waals surface area contributed by atoms with Crippen LogP contribution in [0.2, 0.25) is 0 Å². The Morgan fingerprint density at radius 2 is 1.83 bits per heavy atom. The molecule has 0 saturated carbocycles. The summed E-state index contributed by atoms with van der Waals surface area (Å²) in [6.45, 7) is 7.52. The molecule has 1 aliphatic rings. The van der Waals surface area contributed by atoms with Gasteiger partial charge in [-0.3, -0.25) is 0 Å². The number of nitrogens with one attached hydrogen (secondary N) is 1. The van der Waals surface area contributed by atoms with Crippen molar-refractivity contribution in [2.45, 2.75) is 58.3 Å². The Kier molecular flexibility index (Phi) is 7.58. The quantitative estimate of drug-likeness (QED) is 0.534. The molecule has 186 valence electrons. The lowest BCUT2D eigenvalue weighted by Gasteiger charge is -2.35. The maximum Gasteiger partial charge on any atom is 0.410 e. The Morgan fingerprint density at radius 1 is 1.09 bits per heavy atom. The summed E-state index contributed by atoms with van der Waals surface area (Å²) in [5.74, 6) is 0.880. The van der Waals surface area contributed by atoms with Gasteiger partial charge in [0.25, 0.3) is 0 Å². The Bertz CT molecular complexity index is 1150. The van der Waals surface area contributed by atoms with Gasteiger partial charge in [-0.2, -0.15) is 0 Å².